The molecule has 0 aliphatic carbocycles. The molecule has 4 atom stereocenters. The van der Waals surface area contributed by atoms with Crippen LogP contribution in [-0.4, -0.2) is 65.3 Å². The highest BCUT2D eigenvalue weighted by atomic mass is 32.5. The van der Waals surface area contributed by atoms with E-state index < -0.39 is 43.5 Å². The van der Waals surface area contributed by atoms with Gasteiger partial charge in [-0.1, -0.05) is 13.8 Å². The summed E-state index contributed by atoms with van der Waals surface area (Å²) in [6, 6.07) is 0. The molecule has 1 saturated heterocycles. The zero-order valence-electron chi connectivity index (χ0n) is 15.2. The van der Waals surface area contributed by atoms with Gasteiger partial charge >= 0.3 is 6.72 Å². The van der Waals surface area contributed by atoms with E-state index in [0.29, 0.717) is 0 Å². The standard InChI is InChI=1S/C14H19FN5O7PS/c1-5(2)11(22)18-14-17-10-8(12(23)19-14)16-4-20(10)13-9(21)7(15)6(27-13)3-26-28(24,25)29/h4-7,9,13,21H,3H2,1-2H3,(H2,24,25,29)(H2,17,18,19,22,23)/t6-,7+,9?,13-/m1/s1. The van der Waals surface area contributed by atoms with Crippen molar-refractivity contribution in [1.82, 2.24) is 19.5 Å². The van der Waals surface area contributed by atoms with Gasteiger partial charge in [0, 0.05) is 5.92 Å². The molecule has 160 valence electrons. The van der Waals surface area contributed by atoms with E-state index in [1.54, 1.807) is 13.8 Å². The molecule has 15 heteroatoms. The number of fused-ring (bicyclic) bond motifs is 1. The lowest BCUT2D eigenvalue weighted by molar-refractivity contribution is -0.118. The molecule has 2 aromatic rings. The van der Waals surface area contributed by atoms with Crippen LogP contribution in [0, 0.1) is 5.92 Å². The summed E-state index contributed by atoms with van der Waals surface area (Å²) < 4.78 is 25.6. The lowest BCUT2D eigenvalue weighted by Crippen LogP contribution is -2.30. The first-order valence-corrected chi connectivity index (χ1v) is 11.1. The minimum absolute atomic E-state index is 0.0555. The number of hydrogen-bond acceptors (Lipinski definition) is 8. The predicted octanol–water partition coefficient (Wildman–Crippen LogP) is -0.464. The number of halogens is 1. The van der Waals surface area contributed by atoms with Crippen LogP contribution in [0.3, 0.4) is 0 Å². The highest BCUT2D eigenvalue weighted by Crippen LogP contribution is 2.39. The van der Waals surface area contributed by atoms with Crippen molar-refractivity contribution in [2.75, 3.05) is 11.9 Å². The number of ether oxygens (including phenoxy) is 1. The second-order valence-corrected chi connectivity index (χ2v) is 9.34. The zero-order chi connectivity index (χ0) is 21.5. The van der Waals surface area contributed by atoms with Crippen LogP contribution in [0.5, 0.6) is 0 Å². The molecule has 1 fully saturated rings. The average molecular weight is 451 g/mol. The van der Waals surface area contributed by atoms with E-state index in [1.807, 2.05) is 0 Å². The van der Waals surface area contributed by atoms with Crippen LogP contribution < -0.4 is 10.9 Å². The molecule has 3 rings (SSSR count). The topological polar surface area (TPSA) is 172 Å². The van der Waals surface area contributed by atoms with Gasteiger partial charge in [-0.05, 0) is 11.8 Å². The molecule has 29 heavy (non-hydrogen) atoms. The lowest BCUT2D eigenvalue weighted by atomic mass is 10.1. The Labute approximate surface area is 167 Å². The molecule has 0 radical (unpaired) electrons. The molecular formula is C14H19FN5O7PS. The first kappa shape index (κ1) is 21.9. The second kappa shape index (κ2) is 8.14. The van der Waals surface area contributed by atoms with Gasteiger partial charge in [-0.15, -0.1) is 0 Å². The fourth-order valence-electron chi connectivity index (χ4n) is 2.68. The van der Waals surface area contributed by atoms with Gasteiger partial charge in [0.05, 0.1) is 12.9 Å². The van der Waals surface area contributed by atoms with Crippen molar-refractivity contribution in [3.63, 3.8) is 0 Å². The summed E-state index contributed by atoms with van der Waals surface area (Å²) in [6.45, 7) is -1.32. The summed E-state index contributed by atoms with van der Waals surface area (Å²) in [7, 11) is 0. The number of aromatic amines is 1. The number of amides is 1. The number of rotatable bonds is 6. The van der Waals surface area contributed by atoms with E-state index >= 15 is 0 Å². The Morgan fingerprint density at radius 2 is 2.24 bits per heavy atom. The molecule has 1 unspecified atom stereocenters. The van der Waals surface area contributed by atoms with Gasteiger partial charge in [-0.25, -0.2) is 9.37 Å². The number of anilines is 1. The van der Waals surface area contributed by atoms with Crippen molar-refractivity contribution < 1.29 is 33.3 Å². The number of alkyl halides is 1. The number of aliphatic hydroxyl groups excluding tert-OH is 1. The fraction of sp³-hybridized carbons (Fsp3) is 0.571. The Morgan fingerprint density at radius 1 is 1.55 bits per heavy atom. The summed E-state index contributed by atoms with van der Waals surface area (Å²) in [5.41, 5.74) is -0.821. The monoisotopic (exact) mass is 451 g/mol. The Balaban J connectivity index is 1.91. The van der Waals surface area contributed by atoms with Gasteiger partial charge in [0.1, 0.15) is 12.2 Å². The van der Waals surface area contributed by atoms with Crippen molar-refractivity contribution in [2.24, 2.45) is 5.92 Å². The van der Waals surface area contributed by atoms with Gasteiger partial charge in [0.25, 0.3) is 5.56 Å². The third kappa shape index (κ3) is 4.69. The SMILES string of the molecule is CC(C)C(=O)Nc1nc2c(ncn2[C@@H]2O[C@H](COP(O)(O)=S)[C@H](F)C2O)c(=O)[nH]1. The first-order valence-electron chi connectivity index (χ1n) is 8.43. The molecule has 5 N–H and O–H groups in total. The molecule has 3 heterocycles. The smallest absolute Gasteiger partial charge is 0.321 e. The molecule has 0 aromatic carbocycles. The Bertz CT molecular complexity index is 1020. The maximum atomic E-state index is 14.4. The largest absolute Gasteiger partial charge is 0.385 e. The summed E-state index contributed by atoms with van der Waals surface area (Å²) in [4.78, 5) is 52.7. The number of aromatic nitrogens is 4. The number of H-pyrrole nitrogens is 1. The molecule has 1 aliphatic rings. The van der Waals surface area contributed by atoms with E-state index in [2.05, 4.69) is 36.6 Å². The van der Waals surface area contributed by atoms with Crippen molar-refractivity contribution >= 4 is 41.5 Å². The van der Waals surface area contributed by atoms with Crippen molar-refractivity contribution in [2.45, 2.75) is 38.5 Å². The van der Waals surface area contributed by atoms with Gasteiger partial charge in [-0.3, -0.25) is 24.5 Å². The fourth-order valence-corrected chi connectivity index (χ4v) is 3.20. The van der Waals surface area contributed by atoms with E-state index in [1.165, 1.54) is 0 Å². The number of carbonyl (C=O) groups excluding carboxylic acids is 1. The van der Waals surface area contributed by atoms with Crippen LogP contribution in [0.25, 0.3) is 11.2 Å². The number of aliphatic hydroxyl groups is 1. The highest BCUT2D eigenvalue weighted by Gasteiger charge is 2.46. The van der Waals surface area contributed by atoms with Gasteiger partial charge in [-0.2, -0.15) is 4.98 Å². The van der Waals surface area contributed by atoms with Crippen LogP contribution in [0.1, 0.15) is 20.1 Å². The maximum Gasteiger partial charge on any atom is 0.321 e. The Hall–Kier alpha value is -1.80. The normalized spacial score (nSPS) is 25.1. The van der Waals surface area contributed by atoms with E-state index in [0.717, 1.165) is 10.9 Å². The average Bonchev–Trinajstić information content (AvgIpc) is 3.15. The molecule has 0 bridgehead atoms. The van der Waals surface area contributed by atoms with Gasteiger partial charge in [0.2, 0.25) is 11.9 Å². The molecule has 2 aromatic heterocycles. The number of hydrogen-bond donors (Lipinski definition) is 5. The molecule has 12 nitrogen and oxygen atoms in total. The van der Waals surface area contributed by atoms with Crippen LogP contribution in [0.15, 0.2) is 11.1 Å². The highest BCUT2D eigenvalue weighted by molar-refractivity contribution is 8.06. The molecule has 1 aliphatic heterocycles. The number of imidazole rings is 1. The number of carbonyl (C=O) groups is 1. The second-order valence-electron chi connectivity index (χ2n) is 6.67. The van der Waals surface area contributed by atoms with Crippen molar-refractivity contribution in [3.05, 3.63) is 16.7 Å². The number of nitrogens with one attached hydrogen (secondary N) is 2. The lowest BCUT2D eigenvalue weighted by Gasteiger charge is -2.17. The molecule has 0 spiro atoms. The Morgan fingerprint density at radius 3 is 2.86 bits per heavy atom. The molecular weight excluding hydrogens is 432 g/mol. The third-order valence-electron chi connectivity index (χ3n) is 4.17. The van der Waals surface area contributed by atoms with Crippen LogP contribution in [0.4, 0.5) is 10.3 Å². The molecule has 1 amide bonds. The van der Waals surface area contributed by atoms with Gasteiger partial charge in [0.15, 0.2) is 23.6 Å². The quantitative estimate of drug-likeness (QED) is 0.362. The van der Waals surface area contributed by atoms with Gasteiger partial charge < -0.3 is 24.2 Å². The van der Waals surface area contributed by atoms with E-state index in [4.69, 9.17) is 14.5 Å². The van der Waals surface area contributed by atoms with Crippen LogP contribution in [0.2, 0.25) is 0 Å². The van der Waals surface area contributed by atoms with Crippen molar-refractivity contribution in [1.29, 1.82) is 0 Å². The molecule has 0 saturated carbocycles. The summed E-state index contributed by atoms with van der Waals surface area (Å²) in [6.07, 6.45) is -5.18. The summed E-state index contributed by atoms with van der Waals surface area (Å²) in [5, 5.41) is 12.7. The minimum atomic E-state index is -4.03. The van der Waals surface area contributed by atoms with Crippen LogP contribution in [-0.2, 0) is 25.9 Å². The first-order chi connectivity index (χ1) is 13.5. The third-order valence-corrected chi connectivity index (χ3v) is 4.97. The predicted molar refractivity (Wildman–Crippen MR) is 101 cm³/mol. The van der Waals surface area contributed by atoms with E-state index in [9.17, 15) is 19.1 Å². The maximum absolute atomic E-state index is 14.4. The summed E-state index contributed by atoms with van der Waals surface area (Å²) in [5.74, 6) is -0.903. The van der Waals surface area contributed by atoms with E-state index in [-0.39, 0.29) is 28.9 Å². The minimum Gasteiger partial charge on any atom is -0.385 e. The summed E-state index contributed by atoms with van der Waals surface area (Å²) >= 11 is 4.30. The van der Waals surface area contributed by atoms with Crippen LogP contribution >= 0.6 is 6.72 Å². The Kier molecular flexibility index (Phi) is 6.15. The number of nitrogens with zero attached hydrogens (tertiary/aromatic N) is 3. The van der Waals surface area contributed by atoms with Crippen molar-refractivity contribution in [3.8, 4) is 0 Å². The zero-order valence-corrected chi connectivity index (χ0v) is 16.9.